The standard InChI is InChI=1S/C11H17N3/c12-6-9-2-1-5-14-7-10(8-3-4-8)13-11(9)14/h7-9H,1-6,12H2. The highest BCUT2D eigenvalue weighted by atomic mass is 15.1. The van der Waals surface area contributed by atoms with Gasteiger partial charge in [-0.1, -0.05) is 0 Å². The van der Waals surface area contributed by atoms with Crippen LogP contribution in [0.4, 0.5) is 0 Å². The quantitative estimate of drug-likeness (QED) is 0.771. The zero-order valence-electron chi connectivity index (χ0n) is 8.45. The first-order chi connectivity index (χ1) is 6.88. The number of hydrogen-bond acceptors (Lipinski definition) is 2. The molecule has 1 atom stereocenters. The lowest BCUT2D eigenvalue weighted by Gasteiger charge is -2.21. The van der Waals surface area contributed by atoms with E-state index in [-0.39, 0.29) is 0 Å². The molecule has 3 heteroatoms. The van der Waals surface area contributed by atoms with E-state index >= 15 is 0 Å². The Bertz CT molecular complexity index is 338. The van der Waals surface area contributed by atoms with E-state index in [0.29, 0.717) is 5.92 Å². The van der Waals surface area contributed by atoms with Crippen LogP contribution >= 0.6 is 0 Å². The van der Waals surface area contributed by atoms with E-state index < -0.39 is 0 Å². The second kappa shape index (κ2) is 3.09. The summed E-state index contributed by atoms with van der Waals surface area (Å²) in [4.78, 5) is 4.75. The van der Waals surface area contributed by atoms with E-state index in [9.17, 15) is 0 Å². The molecule has 0 radical (unpaired) electrons. The average Bonchev–Trinajstić information content (AvgIpc) is 2.97. The molecule has 0 spiro atoms. The van der Waals surface area contributed by atoms with Gasteiger partial charge in [-0.2, -0.15) is 0 Å². The minimum absolute atomic E-state index is 0.510. The molecule has 2 N–H and O–H groups in total. The number of aryl methyl sites for hydroxylation is 1. The Morgan fingerprint density at radius 3 is 3.00 bits per heavy atom. The van der Waals surface area contributed by atoms with Crippen molar-refractivity contribution in [2.75, 3.05) is 6.54 Å². The first kappa shape index (κ1) is 8.48. The first-order valence-electron chi connectivity index (χ1n) is 5.65. The normalized spacial score (nSPS) is 26.2. The third-order valence-corrected chi connectivity index (χ3v) is 3.42. The van der Waals surface area contributed by atoms with Crippen LogP contribution in [0.2, 0.25) is 0 Å². The summed E-state index contributed by atoms with van der Waals surface area (Å²) in [6.07, 6.45) is 7.41. The maximum atomic E-state index is 5.77. The average molecular weight is 191 g/mol. The summed E-state index contributed by atoms with van der Waals surface area (Å²) in [7, 11) is 0. The molecule has 2 aliphatic rings. The molecule has 1 unspecified atom stereocenters. The lowest BCUT2D eigenvalue weighted by molar-refractivity contribution is 0.448. The Morgan fingerprint density at radius 2 is 2.29 bits per heavy atom. The van der Waals surface area contributed by atoms with Crippen molar-refractivity contribution in [1.29, 1.82) is 0 Å². The highest BCUT2D eigenvalue weighted by Gasteiger charge is 2.29. The molecule has 2 heterocycles. The first-order valence-corrected chi connectivity index (χ1v) is 5.65. The topological polar surface area (TPSA) is 43.8 Å². The molecule has 3 nitrogen and oxygen atoms in total. The van der Waals surface area contributed by atoms with Gasteiger partial charge in [0.15, 0.2) is 0 Å². The van der Waals surface area contributed by atoms with E-state index in [1.807, 2.05) is 0 Å². The fourth-order valence-electron chi connectivity index (χ4n) is 2.39. The summed E-state index contributed by atoms with van der Waals surface area (Å²) in [5, 5.41) is 0. The van der Waals surface area contributed by atoms with E-state index in [1.54, 1.807) is 0 Å². The van der Waals surface area contributed by atoms with Crippen LogP contribution in [-0.4, -0.2) is 16.1 Å². The largest absolute Gasteiger partial charge is 0.334 e. The van der Waals surface area contributed by atoms with Gasteiger partial charge in [0.05, 0.1) is 5.69 Å². The molecular formula is C11H17N3. The Kier molecular flexibility index (Phi) is 1.87. The molecule has 1 aromatic heterocycles. The fraction of sp³-hybridized carbons (Fsp3) is 0.727. The highest BCUT2D eigenvalue weighted by molar-refractivity contribution is 5.18. The van der Waals surface area contributed by atoms with Crippen LogP contribution in [-0.2, 0) is 6.54 Å². The maximum absolute atomic E-state index is 5.77. The van der Waals surface area contributed by atoms with Crippen LogP contribution in [0.5, 0.6) is 0 Å². The van der Waals surface area contributed by atoms with Crippen LogP contribution in [0.3, 0.4) is 0 Å². The van der Waals surface area contributed by atoms with Crippen molar-refractivity contribution in [2.45, 2.75) is 44.1 Å². The van der Waals surface area contributed by atoms with Crippen LogP contribution in [0, 0.1) is 0 Å². The Hall–Kier alpha value is -0.830. The van der Waals surface area contributed by atoms with Crippen molar-refractivity contribution in [3.8, 4) is 0 Å². The van der Waals surface area contributed by atoms with Crippen molar-refractivity contribution < 1.29 is 0 Å². The van der Waals surface area contributed by atoms with Crippen molar-refractivity contribution in [2.24, 2.45) is 5.73 Å². The van der Waals surface area contributed by atoms with Gasteiger partial charge in [0.25, 0.3) is 0 Å². The number of nitrogens with two attached hydrogens (primary N) is 1. The van der Waals surface area contributed by atoms with Gasteiger partial charge in [-0.05, 0) is 25.7 Å². The number of fused-ring (bicyclic) bond motifs is 1. The van der Waals surface area contributed by atoms with E-state index in [2.05, 4.69) is 10.8 Å². The van der Waals surface area contributed by atoms with Gasteiger partial charge >= 0.3 is 0 Å². The van der Waals surface area contributed by atoms with Gasteiger partial charge < -0.3 is 10.3 Å². The maximum Gasteiger partial charge on any atom is 0.113 e. The summed E-state index contributed by atoms with van der Waals surface area (Å²) in [6.45, 7) is 1.90. The summed E-state index contributed by atoms with van der Waals surface area (Å²) in [5.74, 6) is 2.53. The Balaban J connectivity index is 1.95. The third kappa shape index (κ3) is 1.27. The minimum atomic E-state index is 0.510. The van der Waals surface area contributed by atoms with Crippen molar-refractivity contribution >= 4 is 0 Å². The van der Waals surface area contributed by atoms with Gasteiger partial charge in [0, 0.05) is 31.1 Å². The molecule has 1 saturated carbocycles. The zero-order chi connectivity index (χ0) is 9.54. The second-order valence-corrected chi connectivity index (χ2v) is 4.57. The van der Waals surface area contributed by atoms with Crippen molar-refractivity contribution in [3.05, 3.63) is 17.7 Å². The van der Waals surface area contributed by atoms with Gasteiger partial charge in [0.1, 0.15) is 5.82 Å². The van der Waals surface area contributed by atoms with E-state index in [0.717, 1.165) is 19.0 Å². The van der Waals surface area contributed by atoms with Crippen LogP contribution in [0.15, 0.2) is 6.20 Å². The third-order valence-electron chi connectivity index (χ3n) is 3.42. The van der Waals surface area contributed by atoms with Crippen molar-refractivity contribution in [1.82, 2.24) is 9.55 Å². The molecule has 14 heavy (non-hydrogen) atoms. The van der Waals surface area contributed by atoms with Gasteiger partial charge in [-0.15, -0.1) is 0 Å². The summed E-state index contributed by atoms with van der Waals surface area (Å²) < 4.78 is 2.33. The minimum Gasteiger partial charge on any atom is -0.334 e. The monoisotopic (exact) mass is 191 g/mol. The highest BCUT2D eigenvalue weighted by Crippen LogP contribution is 2.40. The molecular weight excluding hydrogens is 174 g/mol. The smallest absolute Gasteiger partial charge is 0.113 e. The number of hydrogen-bond donors (Lipinski definition) is 1. The van der Waals surface area contributed by atoms with Crippen LogP contribution < -0.4 is 5.73 Å². The summed E-state index contributed by atoms with van der Waals surface area (Å²) >= 11 is 0. The van der Waals surface area contributed by atoms with Gasteiger partial charge in [0.2, 0.25) is 0 Å². The molecule has 76 valence electrons. The molecule has 1 aliphatic heterocycles. The Labute approximate surface area is 84.3 Å². The van der Waals surface area contributed by atoms with E-state index in [4.69, 9.17) is 10.7 Å². The molecule has 0 aromatic carbocycles. The summed E-state index contributed by atoms with van der Waals surface area (Å²) in [5.41, 5.74) is 7.09. The Morgan fingerprint density at radius 1 is 1.43 bits per heavy atom. The molecule has 0 saturated heterocycles. The SMILES string of the molecule is NCC1CCCn2cc(C3CC3)nc21. The van der Waals surface area contributed by atoms with Crippen LogP contribution in [0.1, 0.15) is 49.0 Å². The number of nitrogens with zero attached hydrogens (tertiary/aromatic N) is 2. The lowest BCUT2D eigenvalue weighted by Crippen LogP contribution is -2.21. The van der Waals surface area contributed by atoms with Crippen LogP contribution in [0.25, 0.3) is 0 Å². The molecule has 0 amide bonds. The fourth-order valence-corrected chi connectivity index (χ4v) is 2.39. The predicted octanol–water partition coefficient (Wildman–Crippen LogP) is 1.60. The summed E-state index contributed by atoms with van der Waals surface area (Å²) in [6, 6.07) is 0. The number of rotatable bonds is 2. The van der Waals surface area contributed by atoms with Gasteiger partial charge in [-0.25, -0.2) is 4.98 Å². The molecule has 1 fully saturated rings. The predicted molar refractivity (Wildman–Crippen MR) is 55.2 cm³/mol. The molecule has 3 rings (SSSR count). The van der Waals surface area contributed by atoms with Crippen molar-refractivity contribution in [3.63, 3.8) is 0 Å². The van der Waals surface area contributed by atoms with Gasteiger partial charge in [-0.3, -0.25) is 0 Å². The number of imidazole rings is 1. The molecule has 1 aliphatic carbocycles. The zero-order valence-corrected chi connectivity index (χ0v) is 8.45. The number of aromatic nitrogens is 2. The molecule has 0 bridgehead atoms. The lowest BCUT2D eigenvalue weighted by atomic mass is 9.99. The van der Waals surface area contributed by atoms with E-state index in [1.165, 1.54) is 37.2 Å². The second-order valence-electron chi connectivity index (χ2n) is 4.57. The molecule has 1 aromatic rings.